The van der Waals surface area contributed by atoms with Crippen LogP contribution in [0.1, 0.15) is 64.7 Å². The second-order valence-corrected chi connectivity index (χ2v) is 6.22. The summed E-state index contributed by atoms with van der Waals surface area (Å²) in [5.74, 6) is -0.276. The Balaban J connectivity index is 3.13. The molecule has 19 heavy (non-hydrogen) atoms. The van der Waals surface area contributed by atoms with Gasteiger partial charge in [0.1, 0.15) is 0 Å². The van der Waals surface area contributed by atoms with E-state index in [1.54, 1.807) is 6.92 Å². The van der Waals surface area contributed by atoms with E-state index in [2.05, 4.69) is 19.2 Å². The van der Waals surface area contributed by atoms with E-state index in [0.29, 0.717) is 12.2 Å². The van der Waals surface area contributed by atoms with E-state index in [4.69, 9.17) is 17.0 Å². The standard InChI is InChI=1S/C15H26O2S2/c1-13(2)15(16)17-12-10-8-6-4-3-5-7-9-11-14(18)19/h1,3-12H2,2H3,(H,18,19). The average molecular weight is 303 g/mol. The molecule has 0 aliphatic rings. The predicted octanol–water partition coefficient (Wildman–Crippen LogP) is 4.87. The van der Waals surface area contributed by atoms with Gasteiger partial charge in [0, 0.05) is 9.77 Å². The first-order valence-corrected chi connectivity index (χ1v) is 7.94. The number of carbonyl (C=O) groups excluding carboxylic acids is 1. The summed E-state index contributed by atoms with van der Waals surface area (Å²) >= 11 is 9.02. The second-order valence-electron chi connectivity index (χ2n) is 4.89. The molecule has 0 N–H and O–H groups in total. The topological polar surface area (TPSA) is 26.3 Å². The van der Waals surface area contributed by atoms with Crippen molar-refractivity contribution < 1.29 is 9.53 Å². The summed E-state index contributed by atoms with van der Waals surface area (Å²) in [4.78, 5) is 11.1. The van der Waals surface area contributed by atoms with E-state index >= 15 is 0 Å². The van der Waals surface area contributed by atoms with Gasteiger partial charge in [-0.3, -0.25) is 0 Å². The Morgan fingerprint density at radius 2 is 1.53 bits per heavy atom. The highest BCUT2D eigenvalue weighted by molar-refractivity contribution is 8.11. The first kappa shape index (κ1) is 18.7. The summed E-state index contributed by atoms with van der Waals surface area (Å²) in [5.41, 5.74) is 0.473. The lowest BCUT2D eigenvalue weighted by Gasteiger charge is -2.04. The lowest BCUT2D eigenvalue weighted by molar-refractivity contribution is -0.139. The Kier molecular flexibility index (Phi) is 12.4. The van der Waals surface area contributed by atoms with Crippen molar-refractivity contribution in [3.63, 3.8) is 0 Å². The Morgan fingerprint density at radius 3 is 2.00 bits per heavy atom. The molecule has 0 aromatic carbocycles. The van der Waals surface area contributed by atoms with Crippen LogP contribution in [0.15, 0.2) is 12.2 Å². The molecular weight excluding hydrogens is 276 g/mol. The van der Waals surface area contributed by atoms with Gasteiger partial charge in [0.05, 0.1) is 6.61 Å². The van der Waals surface area contributed by atoms with Gasteiger partial charge < -0.3 is 4.74 Å². The average Bonchev–Trinajstić information content (AvgIpc) is 2.35. The third-order valence-corrected chi connectivity index (χ3v) is 3.29. The predicted molar refractivity (Wildman–Crippen MR) is 88.9 cm³/mol. The number of thiol groups is 1. The monoisotopic (exact) mass is 302 g/mol. The largest absolute Gasteiger partial charge is 0.462 e. The smallest absolute Gasteiger partial charge is 0.333 e. The molecule has 0 atom stereocenters. The summed E-state index contributed by atoms with van der Waals surface area (Å²) in [6.07, 6.45) is 10.5. The van der Waals surface area contributed by atoms with Gasteiger partial charge in [-0.25, -0.2) is 4.79 Å². The zero-order chi connectivity index (χ0) is 14.5. The number of rotatable bonds is 12. The maximum absolute atomic E-state index is 11.1. The van der Waals surface area contributed by atoms with Crippen LogP contribution in [-0.2, 0) is 9.53 Å². The van der Waals surface area contributed by atoms with Crippen LogP contribution < -0.4 is 0 Å². The van der Waals surface area contributed by atoms with E-state index in [1.165, 1.54) is 38.5 Å². The van der Waals surface area contributed by atoms with Crippen molar-refractivity contribution >= 4 is 35.0 Å². The molecule has 0 aliphatic carbocycles. The van der Waals surface area contributed by atoms with Crippen molar-refractivity contribution in [2.24, 2.45) is 0 Å². The van der Waals surface area contributed by atoms with Crippen molar-refractivity contribution in [1.82, 2.24) is 0 Å². The Labute approximate surface area is 128 Å². The van der Waals surface area contributed by atoms with Crippen molar-refractivity contribution in [3.8, 4) is 0 Å². The van der Waals surface area contributed by atoms with Gasteiger partial charge in [-0.15, -0.1) is 12.6 Å². The molecule has 0 saturated carbocycles. The van der Waals surface area contributed by atoms with Crippen LogP contribution in [0.5, 0.6) is 0 Å². The SMILES string of the molecule is C=C(C)C(=O)OCCCCCCCCCCC(=S)S. The lowest BCUT2D eigenvalue weighted by Crippen LogP contribution is -2.05. The molecule has 110 valence electrons. The van der Waals surface area contributed by atoms with Gasteiger partial charge in [-0.05, 0) is 26.2 Å². The maximum Gasteiger partial charge on any atom is 0.333 e. The van der Waals surface area contributed by atoms with E-state index in [-0.39, 0.29) is 5.97 Å². The fourth-order valence-electron chi connectivity index (χ4n) is 1.73. The maximum atomic E-state index is 11.1. The molecule has 2 nitrogen and oxygen atoms in total. The summed E-state index contributed by atoms with van der Waals surface area (Å²) < 4.78 is 5.85. The molecular formula is C15H26O2S2. The van der Waals surface area contributed by atoms with Gasteiger partial charge in [-0.2, -0.15) is 0 Å². The molecule has 0 bridgehead atoms. The van der Waals surface area contributed by atoms with E-state index in [9.17, 15) is 4.79 Å². The van der Waals surface area contributed by atoms with Gasteiger partial charge in [-0.1, -0.05) is 57.3 Å². The molecule has 0 heterocycles. The molecule has 0 amide bonds. The Hall–Kier alpha value is -0.350. The Bertz CT molecular complexity index is 288. The molecule has 0 aromatic rings. The number of unbranched alkanes of at least 4 members (excludes halogenated alkanes) is 7. The van der Waals surface area contributed by atoms with Crippen molar-refractivity contribution in [3.05, 3.63) is 12.2 Å². The molecule has 0 rings (SSSR count). The van der Waals surface area contributed by atoms with E-state index in [1.807, 2.05) is 0 Å². The number of carbonyl (C=O) groups is 1. The molecule has 0 unspecified atom stereocenters. The van der Waals surface area contributed by atoms with E-state index < -0.39 is 0 Å². The van der Waals surface area contributed by atoms with Crippen molar-refractivity contribution in [2.75, 3.05) is 6.61 Å². The van der Waals surface area contributed by atoms with Gasteiger partial charge in [0.25, 0.3) is 0 Å². The van der Waals surface area contributed by atoms with E-state index in [0.717, 1.165) is 23.5 Å². The van der Waals surface area contributed by atoms with Crippen LogP contribution in [0.2, 0.25) is 0 Å². The number of hydrogen-bond acceptors (Lipinski definition) is 3. The van der Waals surface area contributed by atoms with Crippen LogP contribution in [0.25, 0.3) is 0 Å². The third-order valence-electron chi connectivity index (χ3n) is 2.87. The highest BCUT2D eigenvalue weighted by atomic mass is 32.1. The zero-order valence-corrected chi connectivity index (χ0v) is 13.7. The number of thiocarbonyl (C=S) groups is 1. The number of hydrogen-bond donors (Lipinski definition) is 1. The molecule has 0 aliphatic heterocycles. The minimum absolute atomic E-state index is 0.276. The van der Waals surface area contributed by atoms with Crippen LogP contribution in [0.3, 0.4) is 0 Å². The Morgan fingerprint density at radius 1 is 1.05 bits per heavy atom. The summed E-state index contributed by atoms with van der Waals surface area (Å²) in [6, 6.07) is 0. The van der Waals surface area contributed by atoms with Crippen LogP contribution in [0, 0.1) is 0 Å². The highest BCUT2D eigenvalue weighted by Gasteiger charge is 2.01. The first-order valence-electron chi connectivity index (χ1n) is 7.08. The zero-order valence-electron chi connectivity index (χ0n) is 12.0. The third kappa shape index (κ3) is 13.9. The van der Waals surface area contributed by atoms with Crippen LogP contribution in [-0.4, -0.2) is 16.8 Å². The quantitative estimate of drug-likeness (QED) is 0.183. The summed E-state index contributed by atoms with van der Waals surface area (Å²) in [5, 5.41) is 0. The second kappa shape index (κ2) is 12.7. The molecule has 0 saturated heterocycles. The molecule has 0 aromatic heterocycles. The molecule has 0 radical (unpaired) electrons. The molecule has 0 fully saturated rings. The van der Waals surface area contributed by atoms with Gasteiger partial charge >= 0.3 is 5.97 Å². The lowest BCUT2D eigenvalue weighted by atomic mass is 10.1. The fourth-order valence-corrected chi connectivity index (χ4v) is 2.03. The number of ether oxygens (including phenoxy) is 1. The minimum atomic E-state index is -0.276. The summed E-state index contributed by atoms with van der Waals surface area (Å²) in [6.45, 7) is 5.73. The minimum Gasteiger partial charge on any atom is -0.462 e. The van der Waals surface area contributed by atoms with Crippen LogP contribution >= 0.6 is 24.8 Å². The summed E-state index contributed by atoms with van der Waals surface area (Å²) in [7, 11) is 0. The van der Waals surface area contributed by atoms with Crippen LogP contribution in [0.4, 0.5) is 0 Å². The van der Waals surface area contributed by atoms with Crippen molar-refractivity contribution in [2.45, 2.75) is 64.7 Å². The fraction of sp³-hybridized carbons (Fsp3) is 0.733. The highest BCUT2D eigenvalue weighted by Crippen LogP contribution is 2.10. The number of esters is 1. The normalized spacial score (nSPS) is 10.2. The van der Waals surface area contributed by atoms with Gasteiger partial charge in [0.15, 0.2) is 0 Å². The van der Waals surface area contributed by atoms with Gasteiger partial charge in [0.2, 0.25) is 0 Å². The molecule has 4 heteroatoms. The first-order chi connectivity index (χ1) is 9.04. The molecule has 0 spiro atoms. The van der Waals surface area contributed by atoms with Crippen molar-refractivity contribution in [1.29, 1.82) is 0 Å².